The van der Waals surface area contributed by atoms with Crippen LogP contribution in [0.4, 0.5) is 5.69 Å². The van der Waals surface area contributed by atoms with Crippen molar-refractivity contribution in [1.82, 2.24) is 0 Å². The quantitative estimate of drug-likeness (QED) is 0.885. The van der Waals surface area contributed by atoms with E-state index < -0.39 is 5.91 Å². The van der Waals surface area contributed by atoms with Gasteiger partial charge >= 0.3 is 0 Å². The maximum atomic E-state index is 12.5. The van der Waals surface area contributed by atoms with Crippen LogP contribution in [0.5, 0.6) is 0 Å². The molecule has 0 saturated carbocycles. The number of furan rings is 1. The zero-order valence-corrected chi connectivity index (χ0v) is 12.9. The minimum atomic E-state index is -0.460. The van der Waals surface area contributed by atoms with Crippen LogP contribution in [0.3, 0.4) is 0 Å². The number of amides is 2. The number of carbonyl (C=O) groups excluding carboxylic acids is 2. The summed E-state index contributed by atoms with van der Waals surface area (Å²) in [7, 11) is 0. The van der Waals surface area contributed by atoms with Crippen molar-refractivity contribution in [2.75, 3.05) is 11.4 Å². The second-order valence-electron chi connectivity index (χ2n) is 5.54. The molecule has 5 nitrogen and oxygen atoms in total. The molecule has 0 bridgehead atoms. The molecule has 0 unspecified atom stereocenters. The van der Waals surface area contributed by atoms with E-state index in [0.29, 0.717) is 17.9 Å². The van der Waals surface area contributed by atoms with Crippen molar-refractivity contribution in [3.8, 4) is 0 Å². The van der Waals surface area contributed by atoms with Crippen molar-refractivity contribution in [3.63, 3.8) is 0 Å². The molecule has 0 fully saturated rings. The van der Waals surface area contributed by atoms with Crippen molar-refractivity contribution < 1.29 is 14.0 Å². The van der Waals surface area contributed by atoms with Gasteiger partial charge in [0, 0.05) is 23.9 Å². The van der Waals surface area contributed by atoms with Crippen molar-refractivity contribution in [2.45, 2.75) is 19.8 Å². The Labute approximate surface area is 134 Å². The molecule has 1 aliphatic rings. The Morgan fingerprint density at radius 2 is 2.09 bits per heavy atom. The summed E-state index contributed by atoms with van der Waals surface area (Å²) < 4.78 is 5.42. The summed E-state index contributed by atoms with van der Waals surface area (Å²) in [5, 5.41) is 0. The van der Waals surface area contributed by atoms with E-state index in [-0.39, 0.29) is 5.91 Å². The molecule has 23 heavy (non-hydrogen) atoms. The molecule has 118 valence electrons. The van der Waals surface area contributed by atoms with Crippen LogP contribution >= 0.6 is 0 Å². The van der Waals surface area contributed by atoms with E-state index in [0.717, 1.165) is 29.9 Å². The summed E-state index contributed by atoms with van der Waals surface area (Å²) in [6.07, 6.45) is 4.70. The Morgan fingerprint density at radius 1 is 1.26 bits per heavy atom. The van der Waals surface area contributed by atoms with E-state index in [1.165, 1.54) is 6.08 Å². The summed E-state index contributed by atoms with van der Waals surface area (Å²) in [5.74, 6) is 0.838. The first-order valence-electron chi connectivity index (χ1n) is 7.54. The first kappa shape index (κ1) is 15.1. The van der Waals surface area contributed by atoms with Crippen LogP contribution in [0.25, 0.3) is 6.08 Å². The Bertz CT molecular complexity index is 789. The second-order valence-corrected chi connectivity index (χ2v) is 5.54. The average Bonchev–Trinajstić information content (AvgIpc) is 2.96. The monoisotopic (exact) mass is 310 g/mol. The third-order valence-corrected chi connectivity index (χ3v) is 3.93. The molecule has 2 aromatic rings. The highest BCUT2D eigenvalue weighted by Crippen LogP contribution is 2.30. The Hall–Kier alpha value is -2.82. The molecule has 1 aromatic carbocycles. The summed E-state index contributed by atoms with van der Waals surface area (Å²) in [4.78, 5) is 25.7. The predicted octanol–water partition coefficient (Wildman–Crippen LogP) is 2.68. The molecule has 0 aliphatic carbocycles. The van der Waals surface area contributed by atoms with Gasteiger partial charge in [-0.2, -0.15) is 0 Å². The van der Waals surface area contributed by atoms with Crippen molar-refractivity contribution in [1.29, 1.82) is 0 Å². The largest absolute Gasteiger partial charge is 0.462 e. The number of anilines is 1. The van der Waals surface area contributed by atoms with Gasteiger partial charge < -0.3 is 15.1 Å². The van der Waals surface area contributed by atoms with Crippen LogP contribution in [0, 0.1) is 6.92 Å². The van der Waals surface area contributed by atoms with Crippen LogP contribution < -0.4 is 10.6 Å². The van der Waals surface area contributed by atoms with Gasteiger partial charge in [0.15, 0.2) is 0 Å². The van der Waals surface area contributed by atoms with E-state index in [9.17, 15) is 9.59 Å². The molecular formula is C18H18N2O3. The fourth-order valence-corrected chi connectivity index (χ4v) is 2.87. The number of primary amides is 1. The molecule has 0 atom stereocenters. The lowest BCUT2D eigenvalue weighted by Gasteiger charge is -2.29. The van der Waals surface area contributed by atoms with Gasteiger partial charge in [0.2, 0.25) is 5.91 Å². The molecule has 1 aromatic heterocycles. The van der Waals surface area contributed by atoms with Gasteiger partial charge in [-0.1, -0.05) is 6.07 Å². The lowest BCUT2D eigenvalue weighted by atomic mass is 9.96. The summed E-state index contributed by atoms with van der Waals surface area (Å²) in [6, 6.07) is 8.97. The molecule has 0 saturated heterocycles. The SMILES string of the molecule is Cc1ccc(/C=C\C(=O)N2CCCc3c(C(N)=O)cccc32)o1. The zero-order valence-electron chi connectivity index (χ0n) is 12.9. The topological polar surface area (TPSA) is 76.5 Å². The summed E-state index contributed by atoms with van der Waals surface area (Å²) >= 11 is 0. The van der Waals surface area contributed by atoms with Gasteiger partial charge in [-0.15, -0.1) is 0 Å². The lowest BCUT2D eigenvalue weighted by molar-refractivity contribution is -0.114. The number of aryl methyl sites for hydroxylation is 1. The van der Waals surface area contributed by atoms with E-state index >= 15 is 0 Å². The summed E-state index contributed by atoms with van der Waals surface area (Å²) in [5.41, 5.74) is 7.53. The van der Waals surface area contributed by atoms with Crippen molar-refractivity contribution in [3.05, 3.63) is 59.1 Å². The van der Waals surface area contributed by atoms with E-state index in [1.54, 1.807) is 23.1 Å². The summed E-state index contributed by atoms with van der Waals surface area (Å²) in [6.45, 7) is 2.47. The van der Waals surface area contributed by atoms with Crippen LogP contribution in [-0.2, 0) is 11.2 Å². The van der Waals surface area contributed by atoms with Gasteiger partial charge in [0.1, 0.15) is 11.5 Å². The highest BCUT2D eigenvalue weighted by Gasteiger charge is 2.24. The maximum Gasteiger partial charge on any atom is 0.251 e. The third kappa shape index (κ3) is 3.04. The molecule has 2 amide bonds. The zero-order chi connectivity index (χ0) is 16.4. The number of nitrogens with two attached hydrogens (primary N) is 1. The number of carbonyl (C=O) groups is 2. The molecule has 1 aliphatic heterocycles. The number of nitrogens with zero attached hydrogens (tertiary/aromatic N) is 1. The number of benzene rings is 1. The lowest BCUT2D eigenvalue weighted by Crippen LogP contribution is -2.35. The van der Waals surface area contributed by atoms with Gasteiger partial charge in [-0.25, -0.2) is 0 Å². The maximum absolute atomic E-state index is 12.5. The molecule has 3 rings (SSSR count). The standard InChI is InChI=1S/C18H18N2O3/c1-12-7-8-13(23-12)9-10-17(21)20-11-3-5-14-15(18(19)22)4-2-6-16(14)20/h2,4,6-10H,3,5,11H2,1H3,(H2,19,22)/b10-9-. The number of hydrogen-bond donors (Lipinski definition) is 1. The smallest absolute Gasteiger partial charge is 0.251 e. The molecule has 5 heteroatoms. The number of fused-ring (bicyclic) bond motifs is 1. The fourth-order valence-electron chi connectivity index (χ4n) is 2.87. The fraction of sp³-hybridized carbons (Fsp3) is 0.222. The number of hydrogen-bond acceptors (Lipinski definition) is 3. The number of rotatable bonds is 3. The molecule has 0 spiro atoms. The first-order valence-corrected chi connectivity index (χ1v) is 7.54. The second kappa shape index (κ2) is 6.12. The highest BCUT2D eigenvalue weighted by atomic mass is 16.3. The van der Waals surface area contributed by atoms with Gasteiger partial charge in [0.05, 0.1) is 0 Å². The van der Waals surface area contributed by atoms with Gasteiger partial charge in [0.25, 0.3) is 5.91 Å². The minimum absolute atomic E-state index is 0.137. The normalized spacial score (nSPS) is 14.0. The molecule has 2 N–H and O–H groups in total. The van der Waals surface area contributed by atoms with Crippen molar-refractivity contribution >= 4 is 23.6 Å². The predicted molar refractivity (Wildman–Crippen MR) is 88.1 cm³/mol. The molecule has 0 radical (unpaired) electrons. The molecular weight excluding hydrogens is 292 g/mol. The van der Waals surface area contributed by atoms with Crippen molar-refractivity contribution in [2.24, 2.45) is 5.73 Å². The van der Waals surface area contributed by atoms with Crippen LogP contribution in [-0.4, -0.2) is 18.4 Å². The molecule has 2 heterocycles. The van der Waals surface area contributed by atoms with E-state index in [1.807, 2.05) is 25.1 Å². The third-order valence-electron chi connectivity index (χ3n) is 3.93. The van der Waals surface area contributed by atoms with Crippen LogP contribution in [0.2, 0.25) is 0 Å². The Kier molecular flexibility index (Phi) is 4.02. The average molecular weight is 310 g/mol. The van der Waals surface area contributed by atoms with Crippen LogP contribution in [0.1, 0.15) is 33.9 Å². The highest BCUT2D eigenvalue weighted by molar-refractivity contribution is 6.06. The van der Waals surface area contributed by atoms with E-state index in [2.05, 4.69) is 0 Å². The van der Waals surface area contributed by atoms with E-state index in [4.69, 9.17) is 10.2 Å². The minimum Gasteiger partial charge on any atom is -0.462 e. The van der Waals surface area contributed by atoms with Crippen LogP contribution in [0.15, 0.2) is 40.8 Å². The Morgan fingerprint density at radius 3 is 2.78 bits per heavy atom. The van der Waals surface area contributed by atoms with Gasteiger partial charge in [-0.05, 0) is 55.7 Å². The van der Waals surface area contributed by atoms with Gasteiger partial charge in [-0.3, -0.25) is 9.59 Å². The first-order chi connectivity index (χ1) is 11.1. The Balaban J connectivity index is 1.88.